The van der Waals surface area contributed by atoms with Crippen molar-refractivity contribution < 1.29 is 9.53 Å². The zero-order valence-electron chi connectivity index (χ0n) is 16.2. The molecule has 1 aromatic carbocycles. The van der Waals surface area contributed by atoms with Crippen LogP contribution in [0.25, 0.3) is 0 Å². The molecule has 2 aromatic rings. The zero-order valence-corrected chi connectivity index (χ0v) is 18.7. The SMILES string of the molecule is N#Cc1c(NC(=O)CCN2CCOC(c3ccc(Br)cc3)C2)sc2c1CCCC2. The summed E-state index contributed by atoms with van der Waals surface area (Å²) in [4.78, 5) is 16.1. The van der Waals surface area contributed by atoms with E-state index in [-0.39, 0.29) is 12.0 Å². The largest absolute Gasteiger partial charge is 0.371 e. The van der Waals surface area contributed by atoms with Crippen LogP contribution in [0.15, 0.2) is 28.7 Å². The molecule has 1 amide bonds. The van der Waals surface area contributed by atoms with Crippen molar-refractivity contribution in [2.45, 2.75) is 38.2 Å². The van der Waals surface area contributed by atoms with Crippen molar-refractivity contribution >= 4 is 38.2 Å². The maximum Gasteiger partial charge on any atom is 0.226 e. The number of nitriles is 1. The van der Waals surface area contributed by atoms with Crippen LogP contribution < -0.4 is 5.32 Å². The van der Waals surface area contributed by atoms with Crippen molar-refractivity contribution in [2.24, 2.45) is 0 Å². The van der Waals surface area contributed by atoms with Crippen LogP contribution in [-0.4, -0.2) is 37.0 Å². The standard InChI is InChI=1S/C22H24BrN3O2S/c23-16-7-5-15(6-8-16)19-14-26(11-12-28-19)10-9-21(27)25-22-18(13-24)17-3-1-2-4-20(17)29-22/h5-8,19H,1-4,9-12,14H2,(H,25,27). The molecule has 4 rings (SSSR count). The van der Waals surface area contributed by atoms with Gasteiger partial charge in [-0.15, -0.1) is 11.3 Å². The molecule has 29 heavy (non-hydrogen) atoms. The average molecular weight is 474 g/mol. The maximum atomic E-state index is 12.5. The second kappa shape index (κ2) is 9.40. The van der Waals surface area contributed by atoms with Crippen molar-refractivity contribution in [2.75, 3.05) is 31.6 Å². The number of ether oxygens (including phenoxy) is 1. The summed E-state index contributed by atoms with van der Waals surface area (Å²) in [6, 6.07) is 10.5. The summed E-state index contributed by atoms with van der Waals surface area (Å²) in [5.41, 5.74) is 2.99. The summed E-state index contributed by atoms with van der Waals surface area (Å²) in [6.07, 6.45) is 4.73. The van der Waals surface area contributed by atoms with Crippen LogP contribution in [0.1, 0.15) is 46.9 Å². The molecule has 152 valence electrons. The monoisotopic (exact) mass is 473 g/mol. The van der Waals surface area contributed by atoms with Crippen LogP contribution in [0.3, 0.4) is 0 Å². The minimum absolute atomic E-state index is 0.0215. The fourth-order valence-electron chi connectivity index (χ4n) is 4.01. The molecule has 1 aromatic heterocycles. The van der Waals surface area contributed by atoms with Gasteiger partial charge in [-0.05, 0) is 48.9 Å². The topological polar surface area (TPSA) is 65.4 Å². The van der Waals surface area contributed by atoms with Crippen molar-refractivity contribution in [1.82, 2.24) is 4.90 Å². The van der Waals surface area contributed by atoms with E-state index >= 15 is 0 Å². The molecule has 5 nitrogen and oxygen atoms in total. The molecule has 1 N–H and O–H groups in total. The molecule has 0 saturated carbocycles. The third-order valence-electron chi connectivity index (χ3n) is 5.58. The Morgan fingerprint density at radius 2 is 2.10 bits per heavy atom. The third-order valence-corrected chi connectivity index (χ3v) is 7.32. The van der Waals surface area contributed by atoms with Crippen molar-refractivity contribution in [3.63, 3.8) is 0 Å². The van der Waals surface area contributed by atoms with Crippen LogP contribution in [0.5, 0.6) is 0 Å². The first-order chi connectivity index (χ1) is 14.1. The number of aryl methyl sites for hydroxylation is 1. The number of nitrogens with one attached hydrogen (secondary N) is 1. The number of morpholine rings is 1. The Balaban J connectivity index is 1.32. The highest BCUT2D eigenvalue weighted by Crippen LogP contribution is 2.37. The number of amides is 1. The number of carbonyl (C=O) groups is 1. The van der Waals surface area contributed by atoms with Gasteiger partial charge in [0, 0.05) is 35.4 Å². The van der Waals surface area contributed by atoms with Crippen molar-refractivity contribution in [3.8, 4) is 6.07 Å². The lowest BCUT2D eigenvalue weighted by molar-refractivity contribution is -0.117. The second-order valence-electron chi connectivity index (χ2n) is 7.54. The van der Waals surface area contributed by atoms with E-state index in [0.717, 1.165) is 53.0 Å². The van der Waals surface area contributed by atoms with E-state index in [4.69, 9.17) is 4.74 Å². The van der Waals surface area contributed by atoms with Crippen molar-refractivity contribution in [1.29, 1.82) is 5.26 Å². The first-order valence-electron chi connectivity index (χ1n) is 10.1. The first-order valence-corrected chi connectivity index (χ1v) is 11.7. The molecule has 1 aliphatic heterocycles. The summed E-state index contributed by atoms with van der Waals surface area (Å²) >= 11 is 5.05. The third kappa shape index (κ3) is 4.89. The molecule has 0 bridgehead atoms. The van der Waals surface area contributed by atoms with Crippen LogP contribution in [0.4, 0.5) is 5.00 Å². The molecule has 1 atom stereocenters. The summed E-state index contributed by atoms with van der Waals surface area (Å²) in [5.74, 6) is -0.0215. The lowest BCUT2D eigenvalue weighted by Gasteiger charge is -2.33. The molecule has 1 aliphatic carbocycles. The van der Waals surface area contributed by atoms with Gasteiger partial charge in [-0.25, -0.2) is 0 Å². The van der Waals surface area contributed by atoms with E-state index in [2.05, 4.69) is 44.3 Å². The summed E-state index contributed by atoms with van der Waals surface area (Å²) in [5, 5.41) is 13.3. The smallest absolute Gasteiger partial charge is 0.226 e. The fourth-order valence-corrected chi connectivity index (χ4v) is 5.53. The number of anilines is 1. The summed E-state index contributed by atoms with van der Waals surface area (Å²) < 4.78 is 6.97. The van der Waals surface area contributed by atoms with Gasteiger partial charge in [0.05, 0.1) is 18.3 Å². The quantitative estimate of drug-likeness (QED) is 0.685. The predicted molar refractivity (Wildman–Crippen MR) is 118 cm³/mol. The summed E-state index contributed by atoms with van der Waals surface area (Å²) in [7, 11) is 0. The normalized spacial score (nSPS) is 19.4. The highest BCUT2D eigenvalue weighted by atomic mass is 79.9. The van der Waals surface area contributed by atoms with Gasteiger partial charge in [-0.2, -0.15) is 5.26 Å². The Hall–Kier alpha value is -1.72. The minimum Gasteiger partial charge on any atom is -0.371 e. The van der Waals surface area contributed by atoms with Crippen LogP contribution in [0, 0.1) is 11.3 Å². The maximum absolute atomic E-state index is 12.5. The Bertz CT molecular complexity index is 919. The number of thiophene rings is 1. The summed E-state index contributed by atoms with van der Waals surface area (Å²) in [6.45, 7) is 2.97. The molecule has 0 radical (unpaired) electrons. The molecule has 0 spiro atoms. The number of nitrogens with zero attached hydrogens (tertiary/aromatic N) is 2. The Morgan fingerprint density at radius 1 is 1.31 bits per heavy atom. The lowest BCUT2D eigenvalue weighted by Crippen LogP contribution is -2.39. The number of benzene rings is 1. The Labute approximate surface area is 183 Å². The molecule has 2 aliphatic rings. The van der Waals surface area contributed by atoms with Gasteiger partial charge in [0.1, 0.15) is 11.1 Å². The highest BCUT2D eigenvalue weighted by Gasteiger charge is 2.24. The number of fused-ring (bicyclic) bond motifs is 1. The number of hydrogen-bond acceptors (Lipinski definition) is 5. The van der Waals surface area contributed by atoms with E-state index in [1.54, 1.807) is 11.3 Å². The fraction of sp³-hybridized carbons (Fsp3) is 0.455. The van der Waals surface area contributed by atoms with Gasteiger partial charge in [0.2, 0.25) is 5.91 Å². The van der Waals surface area contributed by atoms with Gasteiger partial charge in [-0.3, -0.25) is 9.69 Å². The van der Waals surface area contributed by atoms with E-state index in [0.29, 0.717) is 25.1 Å². The lowest BCUT2D eigenvalue weighted by atomic mass is 9.96. The molecule has 1 saturated heterocycles. The van der Waals surface area contributed by atoms with Gasteiger partial charge in [-0.1, -0.05) is 28.1 Å². The van der Waals surface area contributed by atoms with Crippen LogP contribution in [0.2, 0.25) is 0 Å². The van der Waals surface area contributed by atoms with Crippen LogP contribution in [-0.2, 0) is 22.4 Å². The van der Waals surface area contributed by atoms with Gasteiger partial charge >= 0.3 is 0 Å². The molecule has 7 heteroatoms. The Morgan fingerprint density at radius 3 is 2.90 bits per heavy atom. The van der Waals surface area contributed by atoms with Gasteiger partial charge < -0.3 is 10.1 Å². The first kappa shape index (κ1) is 20.5. The number of carbonyl (C=O) groups excluding carboxylic acids is 1. The van der Waals surface area contributed by atoms with E-state index in [1.165, 1.54) is 11.3 Å². The highest BCUT2D eigenvalue weighted by molar-refractivity contribution is 9.10. The van der Waals surface area contributed by atoms with Gasteiger partial charge in [0.15, 0.2) is 0 Å². The number of halogens is 1. The van der Waals surface area contributed by atoms with E-state index in [9.17, 15) is 10.1 Å². The molecular formula is C22H24BrN3O2S. The number of rotatable bonds is 5. The predicted octanol–water partition coefficient (Wildman–Crippen LogP) is 4.66. The molecule has 2 heterocycles. The number of hydrogen-bond donors (Lipinski definition) is 1. The molecule has 1 fully saturated rings. The van der Waals surface area contributed by atoms with E-state index < -0.39 is 0 Å². The minimum atomic E-state index is -0.0215. The molecular weight excluding hydrogens is 450 g/mol. The zero-order chi connectivity index (χ0) is 20.2. The van der Waals surface area contributed by atoms with Gasteiger partial charge in [0.25, 0.3) is 0 Å². The second-order valence-corrected chi connectivity index (χ2v) is 9.56. The Kier molecular flexibility index (Phi) is 6.66. The van der Waals surface area contributed by atoms with Crippen LogP contribution >= 0.6 is 27.3 Å². The van der Waals surface area contributed by atoms with Crippen molar-refractivity contribution in [3.05, 3.63) is 50.3 Å². The van der Waals surface area contributed by atoms with E-state index in [1.807, 2.05) is 12.1 Å². The average Bonchev–Trinajstić information content (AvgIpc) is 3.10. The molecule has 1 unspecified atom stereocenters.